The number of guanidine groups is 1. The zero-order valence-electron chi connectivity index (χ0n) is 15.0. The smallest absolute Gasteiger partial charge is 0.271 e. The van der Waals surface area contributed by atoms with E-state index < -0.39 is 4.92 Å². The molecule has 1 aromatic rings. The molecule has 0 bridgehead atoms. The highest BCUT2D eigenvalue weighted by Gasteiger charge is 2.19. The predicted molar refractivity (Wildman–Crippen MR) is 106 cm³/mol. The number of hydrogen-bond acceptors (Lipinski definition) is 3. The third-order valence-corrected chi connectivity index (χ3v) is 5.56. The Kier molecular flexibility index (Phi) is 6.72. The topological polar surface area (TPSA) is 79.6 Å². The standard InChI is InChI=1S/C19H27ClN4O2/c20-17-13-16(24(25)26)11-12-18(17)23-19(21-14-7-3-1-4-8-14)22-15-9-5-2-6-10-15/h11-15H,1-10H2,(H2,21,22,23). The van der Waals surface area contributed by atoms with Crippen molar-refractivity contribution in [3.05, 3.63) is 33.3 Å². The first-order valence-corrected chi connectivity index (χ1v) is 10.0. The van der Waals surface area contributed by atoms with Gasteiger partial charge in [0.15, 0.2) is 5.96 Å². The summed E-state index contributed by atoms with van der Waals surface area (Å²) >= 11 is 6.25. The molecule has 2 N–H and O–H groups in total. The van der Waals surface area contributed by atoms with E-state index in [2.05, 4.69) is 10.6 Å². The second-order valence-corrected chi connectivity index (χ2v) is 7.70. The lowest BCUT2D eigenvalue weighted by atomic mass is 9.95. The molecule has 0 aromatic heterocycles. The van der Waals surface area contributed by atoms with Gasteiger partial charge < -0.3 is 10.6 Å². The van der Waals surface area contributed by atoms with Crippen LogP contribution in [0.4, 0.5) is 11.4 Å². The molecule has 2 aliphatic rings. The number of anilines is 1. The second kappa shape index (κ2) is 9.21. The lowest BCUT2D eigenvalue weighted by Crippen LogP contribution is -2.41. The molecule has 0 atom stereocenters. The van der Waals surface area contributed by atoms with E-state index in [0.717, 1.165) is 31.6 Å². The number of halogens is 1. The Morgan fingerprint density at radius 2 is 1.73 bits per heavy atom. The first-order valence-electron chi connectivity index (χ1n) is 9.67. The van der Waals surface area contributed by atoms with Gasteiger partial charge in [-0.3, -0.25) is 10.1 Å². The Labute approximate surface area is 159 Å². The van der Waals surface area contributed by atoms with Crippen LogP contribution in [0, 0.1) is 10.1 Å². The maximum absolute atomic E-state index is 10.9. The summed E-state index contributed by atoms with van der Waals surface area (Å²) in [5.74, 6) is 0.750. The van der Waals surface area contributed by atoms with Gasteiger partial charge in [-0.05, 0) is 31.7 Å². The van der Waals surface area contributed by atoms with E-state index in [-0.39, 0.29) is 5.69 Å². The third kappa shape index (κ3) is 5.34. The van der Waals surface area contributed by atoms with Crippen molar-refractivity contribution in [3.8, 4) is 0 Å². The number of hydrogen-bond donors (Lipinski definition) is 2. The second-order valence-electron chi connectivity index (χ2n) is 7.30. The van der Waals surface area contributed by atoms with Crippen LogP contribution in [0.1, 0.15) is 64.2 Å². The molecule has 0 radical (unpaired) electrons. The van der Waals surface area contributed by atoms with Crippen molar-refractivity contribution in [3.63, 3.8) is 0 Å². The molecular formula is C19H27ClN4O2. The minimum absolute atomic E-state index is 0.00782. The molecular weight excluding hydrogens is 352 g/mol. The predicted octanol–water partition coefficient (Wildman–Crippen LogP) is 5.27. The van der Waals surface area contributed by atoms with E-state index in [1.807, 2.05) is 0 Å². The molecule has 2 saturated carbocycles. The van der Waals surface area contributed by atoms with Crippen molar-refractivity contribution in [2.24, 2.45) is 4.99 Å². The number of aliphatic imine (C=N–C) groups is 1. The zero-order chi connectivity index (χ0) is 18.4. The average Bonchev–Trinajstić information content (AvgIpc) is 2.65. The highest BCUT2D eigenvalue weighted by molar-refractivity contribution is 6.34. The van der Waals surface area contributed by atoms with Crippen molar-refractivity contribution < 1.29 is 4.92 Å². The van der Waals surface area contributed by atoms with Crippen LogP contribution in [-0.2, 0) is 0 Å². The number of nitro benzene ring substituents is 1. The summed E-state index contributed by atoms with van der Waals surface area (Å²) in [4.78, 5) is 15.4. The van der Waals surface area contributed by atoms with Crippen molar-refractivity contribution in [2.45, 2.75) is 76.3 Å². The normalized spacial score (nSPS) is 20.0. The molecule has 0 saturated heterocycles. The number of nitrogens with zero attached hydrogens (tertiary/aromatic N) is 2. The van der Waals surface area contributed by atoms with E-state index in [1.54, 1.807) is 6.07 Å². The summed E-state index contributed by atoms with van der Waals surface area (Å²) in [6, 6.07) is 5.25. The monoisotopic (exact) mass is 378 g/mol. The molecule has 6 nitrogen and oxygen atoms in total. The number of benzene rings is 1. The van der Waals surface area contributed by atoms with E-state index >= 15 is 0 Å². The van der Waals surface area contributed by atoms with E-state index in [4.69, 9.17) is 16.6 Å². The van der Waals surface area contributed by atoms with Gasteiger partial charge >= 0.3 is 0 Å². The van der Waals surface area contributed by atoms with Crippen LogP contribution in [0.15, 0.2) is 23.2 Å². The number of non-ortho nitro benzene ring substituents is 1. The summed E-state index contributed by atoms with van der Waals surface area (Å²) in [5, 5.41) is 18.1. The summed E-state index contributed by atoms with van der Waals surface area (Å²) in [5.41, 5.74) is 0.640. The highest BCUT2D eigenvalue weighted by atomic mass is 35.5. The fourth-order valence-corrected chi connectivity index (χ4v) is 4.01. The first kappa shape index (κ1) is 19.0. The summed E-state index contributed by atoms with van der Waals surface area (Å²) in [7, 11) is 0. The molecule has 3 rings (SSSR count). The Morgan fingerprint density at radius 1 is 1.08 bits per heavy atom. The zero-order valence-corrected chi connectivity index (χ0v) is 15.8. The molecule has 0 spiro atoms. The number of nitro groups is 1. The Bertz CT molecular complexity index is 653. The highest BCUT2D eigenvalue weighted by Crippen LogP contribution is 2.27. The minimum atomic E-state index is -0.438. The summed E-state index contributed by atoms with van der Waals surface area (Å²) in [6.07, 6.45) is 12.1. The molecule has 0 aliphatic heterocycles. The Hall–Kier alpha value is -1.82. The lowest BCUT2D eigenvalue weighted by molar-refractivity contribution is -0.384. The molecule has 0 heterocycles. The van der Waals surface area contributed by atoms with Gasteiger partial charge in [0.2, 0.25) is 0 Å². The fourth-order valence-electron chi connectivity index (χ4n) is 3.79. The van der Waals surface area contributed by atoms with Crippen LogP contribution in [0.5, 0.6) is 0 Å². The summed E-state index contributed by atoms with van der Waals surface area (Å²) in [6.45, 7) is 0. The van der Waals surface area contributed by atoms with Crippen LogP contribution < -0.4 is 10.6 Å². The Morgan fingerprint density at radius 3 is 2.35 bits per heavy atom. The van der Waals surface area contributed by atoms with Crippen molar-refractivity contribution >= 4 is 28.9 Å². The molecule has 26 heavy (non-hydrogen) atoms. The molecule has 2 fully saturated rings. The Balaban J connectivity index is 1.75. The van der Waals surface area contributed by atoms with E-state index in [0.29, 0.717) is 22.8 Å². The van der Waals surface area contributed by atoms with Gasteiger partial charge in [-0.15, -0.1) is 0 Å². The molecule has 7 heteroatoms. The van der Waals surface area contributed by atoms with Crippen LogP contribution in [0.2, 0.25) is 5.02 Å². The van der Waals surface area contributed by atoms with Crippen LogP contribution in [0.25, 0.3) is 0 Å². The first-order chi connectivity index (χ1) is 12.6. The van der Waals surface area contributed by atoms with E-state index in [1.165, 1.54) is 50.7 Å². The van der Waals surface area contributed by atoms with Gasteiger partial charge in [-0.2, -0.15) is 0 Å². The largest absolute Gasteiger partial charge is 0.353 e. The van der Waals surface area contributed by atoms with Crippen LogP contribution in [0.3, 0.4) is 0 Å². The minimum Gasteiger partial charge on any atom is -0.353 e. The van der Waals surface area contributed by atoms with Gasteiger partial charge in [0.25, 0.3) is 5.69 Å². The van der Waals surface area contributed by atoms with Crippen LogP contribution >= 0.6 is 11.6 Å². The quantitative estimate of drug-likeness (QED) is 0.323. The molecule has 142 valence electrons. The van der Waals surface area contributed by atoms with Crippen molar-refractivity contribution in [1.29, 1.82) is 0 Å². The summed E-state index contributed by atoms with van der Waals surface area (Å²) < 4.78 is 0. The van der Waals surface area contributed by atoms with Crippen molar-refractivity contribution in [1.82, 2.24) is 5.32 Å². The maximum Gasteiger partial charge on any atom is 0.271 e. The van der Waals surface area contributed by atoms with Gasteiger partial charge in [0.1, 0.15) is 0 Å². The van der Waals surface area contributed by atoms with Crippen LogP contribution in [-0.4, -0.2) is 23.0 Å². The molecule has 0 unspecified atom stereocenters. The van der Waals surface area contributed by atoms with Gasteiger partial charge in [0, 0.05) is 18.2 Å². The SMILES string of the molecule is O=[N+]([O-])c1ccc(NC(=NC2CCCCC2)NC2CCCCC2)c(Cl)c1. The number of rotatable bonds is 4. The number of nitrogens with one attached hydrogen (secondary N) is 2. The van der Waals surface area contributed by atoms with Gasteiger partial charge in [-0.1, -0.05) is 50.1 Å². The average molecular weight is 379 g/mol. The maximum atomic E-state index is 10.9. The van der Waals surface area contributed by atoms with E-state index in [9.17, 15) is 10.1 Å². The molecule has 0 amide bonds. The van der Waals surface area contributed by atoms with Gasteiger partial charge in [-0.25, -0.2) is 4.99 Å². The molecule has 1 aromatic carbocycles. The fraction of sp³-hybridized carbons (Fsp3) is 0.632. The lowest BCUT2D eigenvalue weighted by Gasteiger charge is -2.27. The molecule has 2 aliphatic carbocycles. The van der Waals surface area contributed by atoms with Crippen molar-refractivity contribution in [2.75, 3.05) is 5.32 Å². The third-order valence-electron chi connectivity index (χ3n) is 5.25. The van der Waals surface area contributed by atoms with Gasteiger partial charge in [0.05, 0.1) is 21.7 Å².